The van der Waals surface area contributed by atoms with Gasteiger partial charge in [-0.2, -0.15) is 0 Å². The molecule has 144 valence electrons. The van der Waals surface area contributed by atoms with E-state index in [2.05, 4.69) is 16.2 Å². The number of amides is 2. The fourth-order valence-corrected chi connectivity index (χ4v) is 2.77. The average molecular weight is 392 g/mol. The largest absolute Gasteiger partial charge is 0.493 e. The molecule has 0 aliphatic heterocycles. The van der Waals surface area contributed by atoms with Gasteiger partial charge in [-0.25, -0.2) is 0 Å². The van der Waals surface area contributed by atoms with Crippen molar-refractivity contribution in [1.29, 1.82) is 0 Å². The first-order valence-corrected chi connectivity index (χ1v) is 8.55. The number of hydrogen-bond acceptors (Lipinski definition) is 5. The van der Waals surface area contributed by atoms with Crippen molar-refractivity contribution in [3.63, 3.8) is 0 Å². The van der Waals surface area contributed by atoms with E-state index in [-0.39, 0.29) is 17.1 Å². The van der Waals surface area contributed by atoms with Crippen LogP contribution in [0, 0.1) is 13.8 Å². The van der Waals surface area contributed by atoms with Crippen molar-refractivity contribution < 1.29 is 19.1 Å². The summed E-state index contributed by atoms with van der Waals surface area (Å²) in [5.74, 6) is -0.275. The minimum Gasteiger partial charge on any atom is -0.493 e. The molecule has 3 N–H and O–H groups in total. The average Bonchev–Trinajstić information content (AvgIpc) is 2.64. The van der Waals surface area contributed by atoms with E-state index in [0.29, 0.717) is 11.5 Å². The van der Waals surface area contributed by atoms with Gasteiger partial charge in [-0.1, -0.05) is 29.3 Å². The van der Waals surface area contributed by atoms with Gasteiger partial charge in [0.25, 0.3) is 11.8 Å². The van der Waals surface area contributed by atoms with Crippen LogP contribution in [0.15, 0.2) is 30.3 Å². The molecule has 0 saturated carbocycles. The van der Waals surface area contributed by atoms with Gasteiger partial charge in [0, 0.05) is 11.3 Å². The van der Waals surface area contributed by atoms with Crippen LogP contribution in [0.5, 0.6) is 11.5 Å². The fraction of sp³-hybridized carbons (Fsp3) is 0.263. The van der Waals surface area contributed by atoms with E-state index >= 15 is 0 Å². The Morgan fingerprint density at radius 2 is 1.78 bits per heavy atom. The molecule has 7 nitrogen and oxygen atoms in total. The zero-order valence-corrected chi connectivity index (χ0v) is 16.4. The summed E-state index contributed by atoms with van der Waals surface area (Å²) in [5, 5.41) is 3.25. The first-order chi connectivity index (χ1) is 12.8. The molecule has 27 heavy (non-hydrogen) atoms. The Kier molecular flexibility index (Phi) is 6.90. The summed E-state index contributed by atoms with van der Waals surface area (Å²) in [7, 11) is 2.89. The monoisotopic (exact) mass is 391 g/mol. The number of aryl methyl sites for hydroxylation is 2. The lowest BCUT2D eigenvalue weighted by atomic mass is 10.1. The van der Waals surface area contributed by atoms with Gasteiger partial charge in [0.2, 0.25) is 0 Å². The smallest absolute Gasteiger partial charge is 0.269 e. The number of carbonyl (C=O) groups is 2. The molecule has 0 fully saturated rings. The van der Waals surface area contributed by atoms with Crippen LogP contribution >= 0.6 is 11.6 Å². The van der Waals surface area contributed by atoms with Crippen molar-refractivity contribution in [2.75, 3.05) is 26.1 Å². The highest BCUT2D eigenvalue weighted by Crippen LogP contribution is 2.35. The van der Waals surface area contributed by atoms with E-state index in [9.17, 15) is 9.59 Å². The molecule has 0 radical (unpaired) electrons. The lowest BCUT2D eigenvalue weighted by Gasteiger charge is -2.13. The van der Waals surface area contributed by atoms with Crippen molar-refractivity contribution in [3.05, 3.63) is 52.0 Å². The second-order valence-corrected chi connectivity index (χ2v) is 6.28. The van der Waals surface area contributed by atoms with Crippen LogP contribution in [0.25, 0.3) is 0 Å². The Labute approximate surface area is 163 Å². The molecule has 0 spiro atoms. The number of ether oxygens (including phenoxy) is 2. The van der Waals surface area contributed by atoms with Gasteiger partial charge in [0.1, 0.15) is 0 Å². The van der Waals surface area contributed by atoms with Gasteiger partial charge in [-0.15, -0.1) is 0 Å². The molecule has 0 saturated heterocycles. The summed E-state index contributed by atoms with van der Waals surface area (Å²) < 4.78 is 10.3. The number of benzene rings is 2. The first kappa shape index (κ1) is 20.4. The maximum atomic E-state index is 12.2. The minimum absolute atomic E-state index is 0.0108. The first-order valence-electron chi connectivity index (χ1n) is 8.17. The molecule has 0 unspecified atom stereocenters. The number of anilines is 1. The van der Waals surface area contributed by atoms with Crippen LogP contribution in [-0.4, -0.2) is 32.6 Å². The summed E-state index contributed by atoms with van der Waals surface area (Å²) in [6.45, 7) is 3.96. The van der Waals surface area contributed by atoms with Crippen LogP contribution in [-0.2, 0) is 4.79 Å². The van der Waals surface area contributed by atoms with Gasteiger partial charge in [0.05, 0.1) is 25.8 Å². The number of hydrogen-bond donors (Lipinski definition) is 3. The van der Waals surface area contributed by atoms with Gasteiger partial charge >= 0.3 is 0 Å². The summed E-state index contributed by atoms with van der Waals surface area (Å²) in [4.78, 5) is 24.2. The van der Waals surface area contributed by atoms with E-state index < -0.39 is 11.8 Å². The number of methoxy groups -OCH3 is 2. The normalized spacial score (nSPS) is 10.1. The number of nitrogens with one attached hydrogen (secondary N) is 3. The van der Waals surface area contributed by atoms with Gasteiger partial charge in [-0.05, 0) is 37.6 Å². The molecular weight excluding hydrogens is 370 g/mol. The van der Waals surface area contributed by atoms with Gasteiger partial charge < -0.3 is 14.8 Å². The number of halogens is 1. The minimum atomic E-state index is -0.530. The summed E-state index contributed by atoms with van der Waals surface area (Å²) >= 11 is 6.08. The molecule has 2 rings (SSSR count). The highest BCUT2D eigenvalue weighted by atomic mass is 35.5. The van der Waals surface area contributed by atoms with Crippen molar-refractivity contribution in [3.8, 4) is 11.5 Å². The highest BCUT2D eigenvalue weighted by Gasteiger charge is 2.15. The maximum Gasteiger partial charge on any atom is 0.269 e. The van der Waals surface area contributed by atoms with E-state index in [1.54, 1.807) is 0 Å². The number of hydrazine groups is 1. The standard InChI is InChI=1S/C19H22ClN3O4/c1-11-5-6-15(12(2)7-11)21-10-17(24)22-23-19(25)13-8-14(20)18(27-4)16(9-13)26-3/h5-9,21H,10H2,1-4H3,(H,22,24)(H,23,25). The molecule has 0 aliphatic carbocycles. The second kappa shape index (κ2) is 9.14. The van der Waals surface area contributed by atoms with E-state index in [0.717, 1.165) is 16.8 Å². The molecule has 0 aromatic heterocycles. The summed E-state index contributed by atoms with van der Waals surface area (Å²) in [6.07, 6.45) is 0. The zero-order chi connectivity index (χ0) is 20.0. The van der Waals surface area contributed by atoms with Crippen molar-refractivity contribution in [2.24, 2.45) is 0 Å². The summed E-state index contributed by atoms with van der Waals surface area (Å²) in [5.41, 5.74) is 7.95. The molecule has 2 aromatic rings. The molecular formula is C19H22ClN3O4. The van der Waals surface area contributed by atoms with Crippen LogP contribution in [0.1, 0.15) is 21.5 Å². The molecule has 0 atom stereocenters. The molecule has 2 aromatic carbocycles. The Morgan fingerprint density at radius 1 is 1.04 bits per heavy atom. The molecule has 2 amide bonds. The topological polar surface area (TPSA) is 88.7 Å². The Bertz CT molecular complexity index is 855. The van der Waals surface area contributed by atoms with Crippen molar-refractivity contribution in [2.45, 2.75) is 13.8 Å². The third-order valence-electron chi connectivity index (χ3n) is 3.83. The quantitative estimate of drug-likeness (QED) is 0.659. The zero-order valence-electron chi connectivity index (χ0n) is 15.6. The lowest BCUT2D eigenvalue weighted by molar-refractivity contribution is -0.120. The van der Waals surface area contributed by atoms with E-state index in [4.69, 9.17) is 21.1 Å². The maximum absolute atomic E-state index is 12.2. The molecule has 8 heteroatoms. The van der Waals surface area contributed by atoms with Crippen LogP contribution in [0.2, 0.25) is 5.02 Å². The predicted octanol–water partition coefficient (Wildman–Crippen LogP) is 2.85. The van der Waals surface area contributed by atoms with Gasteiger partial charge in [-0.3, -0.25) is 20.4 Å². The van der Waals surface area contributed by atoms with Gasteiger partial charge in [0.15, 0.2) is 11.5 Å². The fourth-order valence-electron chi connectivity index (χ4n) is 2.48. The van der Waals surface area contributed by atoms with E-state index in [1.807, 2.05) is 32.0 Å². The SMILES string of the molecule is COc1cc(C(=O)NNC(=O)CNc2ccc(C)cc2C)cc(Cl)c1OC. The Balaban J connectivity index is 1.93. The Hall–Kier alpha value is -2.93. The Morgan fingerprint density at radius 3 is 2.41 bits per heavy atom. The van der Waals surface area contributed by atoms with Crippen molar-refractivity contribution in [1.82, 2.24) is 10.9 Å². The number of rotatable bonds is 6. The molecule has 0 heterocycles. The summed E-state index contributed by atoms with van der Waals surface area (Å²) in [6, 6.07) is 8.78. The third-order valence-corrected chi connectivity index (χ3v) is 4.11. The van der Waals surface area contributed by atoms with Crippen LogP contribution in [0.4, 0.5) is 5.69 Å². The third kappa shape index (κ3) is 5.27. The predicted molar refractivity (Wildman–Crippen MR) is 105 cm³/mol. The van der Waals surface area contributed by atoms with Crippen molar-refractivity contribution >= 4 is 29.1 Å². The molecule has 0 bridgehead atoms. The number of carbonyl (C=O) groups excluding carboxylic acids is 2. The molecule has 0 aliphatic rings. The second-order valence-electron chi connectivity index (χ2n) is 5.87. The van der Waals surface area contributed by atoms with Crippen LogP contribution < -0.4 is 25.6 Å². The lowest BCUT2D eigenvalue weighted by Crippen LogP contribution is -2.44. The van der Waals surface area contributed by atoms with Crippen LogP contribution in [0.3, 0.4) is 0 Å². The van der Waals surface area contributed by atoms with E-state index in [1.165, 1.54) is 26.4 Å². The highest BCUT2D eigenvalue weighted by molar-refractivity contribution is 6.32.